The van der Waals surface area contributed by atoms with Gasteiger partial charge in [0.05, 0.1) is 41.6 Å². The van der Waals surface area contributed by atoms with Gasteiger partial charge in [0.1, 0.15) is 11.5 Å². The molecule has 1 saturated heterocycles. The summed E-state index contributed by atoms with van der Waals surface area (Å²) in [5.41, 5.74) is 2.86. The Morgan fingerprint density at radius 1 is 0.973 bits per heavy atom. The van der Waals surface area contributed by atoms with Crippen molar-refractivity contribution in [3.8, 4) is 5.75 Å². The van der Waals surface area contributed by atoms with Crippen LogP contribution >= 0.6 is 11.3 Å². The maximum absolute atomic E-state index is 13.4. The van der Waals surface area contributed by atoms with Crippen LogP contribution in [-0.4, -0.2) is 42.0 Å². The number of fused-ring (bicyclic) bond motifs is 1. The predicted octanol–water partition coefficient (Wildman–Crippen LogP) is 5.03. The zero-order valence-corrected chi connectivity index (χ0v) is 21.0. The van der Waals surface area contributed by atoms with Gasteiger partial charge in [-0.05, 0) is 66.6 Å². The second-order valence-electron chi connectivity index (χ2n) is 8.48. The average molecular weight is 515 g/mol. The van der Waals surface area contributed by atoms with E-state index in [2.05, 4.69) is 4.98 Å². The van der Waals surface area contributed by atoms with Crippen LogP contribution < -0.4 is 9.64 Å². The van der Waals surface area contributed by atoms with Crippen molar-refractivity contribution >= 4 is 50.1 Å². The number of aliphatic hydroxyl groups is 1. The Morgan fingerprint density at radius 2 is 1.65 bits per heavy atom. The lowest BCUT2D eigenvalue weighted by Gasteiger charge is -2.23. The van der Waals surface area contributed by atoms with Crippen molar-refractivity contribution in [2.75, 3.05) is 19.1 Å². The van der Waals surface area contributed by atoms with E-state index < -0.39 is 23.7 Å². The molecule has 0 bridgehead atoms. The number of ether oxygens (including phenoxy) is 2. The number of carbonyl (C=O) groups excluding carboxylic acids is 3. The summed E-state index contributed by atoms with van der Waals surface area (Å²) in [6.07, 6.45) is 0. The summed E-state index contributed by atoms with van der Waals surface area (Å²) in [6.45, 7) is 1.96. The second kappa shape index (κ2) is 9.51. The smallest absolute Gasteiger partial charge is 0.337 e. The highest BCUT2D eigenvalue weighted by Crippen LogP contribution is 2.44. The summed E-state index contributed by atoms with van der Waals surface area (Å²) in [5, 5.41) is 11.6. The van der Waals surface area contributed by atoms with Crippen LogP contribution in [0.2, 0.25) is 0 Å². The first-order chi connectivity index (χ1) is 17.8. The zero-order valence-electron chi connectivity index (χ0n) is 20.2. The van der Waals surface area contributed by atoms with Gasteiger partial charge >= 0.3 is 11.9 Å². The van der Waals surface area contributed by atoms with Gasteiger partial charge in [-0.2, -0.15) is 0 Å². The maximum Gasteiger partial charge on any atom is 0.337 e. The quantitative estimate of drug-likeness (QED) is 0.172. The highest BCUT2D eigenvalue weighted by molar-refractivity contribution is 7.22. The Morgan fingerprint density at radius 3 is 2.30 bits per heavy atom. The minimum absolute atomic E-state index is 0.0728. The molecular formula is C28H22N2O6S. The maximum atomic E-state index is 13.4. The molecule has 37 heavy (non-hydrogen) atoms. The number of carbonyl (C=O) groups is 3. The molecule has 0 spiro atoms. The summed E-state index contributed by atoms with van der Waals surface area (Å²) in [7, 11) is 2.81. The van der Waals surface area contributed by atoms with Crippen molar-refractivity contribution in [1.82, 2.24) is 4.98 Å². The van der Waals surface area contributed by atoms with Gasteiger partial charge in [-0.1, -0.05) is 29.5 Å². The first-order valence-corrected chi connectivity index (χ1v) is 12.1. The number of esters is 1. The SMILES string of the molecule is COC(=O)c1ccc([C@H]2C(=C(O)c3ccc(OC)cc3)C(=O)C(=O)N2c2nc3ccc(C)cc3s2)cc1. The molecule has 0 aliphatic carbocycles. The second-order valence-corrected chi connectivity index (χ2v) is 9.49. The molecule has 0 unspecified atom stereocenters. The fraction of sp³-hybridized carbons (Fsp3) is 0.143. The molecule has 2 heterocycles. The first-order valence-electron chi connectivity index (χ1n) is 11.3. The van der Waals surface area contributed by atoms with Crippen LogP contribution in [0.25, 0.3) is 16.0 Å². The van der Waals surface area contributed by atoms with Gasteiger partial charge in [-0.15, -0.1) is 0 Å². The monoisotopic (exact) mass is 514 g/mol. The van der Waals surface area contributed by atoms with E-state index in [1.807, 2.05) is 25.1 Å². The van der Waals surface area contributed by atoms with Crippen LogP contribution in [-0.2, 0) is 14.3 Å². The van der Waals surface area contributed by atoms with Crippen LogP contribution in [0.3, 0.4) is 0 Å². The fourth-order valence-electron chi connectivity index (χ4n) is 4.29. The number of thiazole rings is 1. The molecule has 1 amide bonds. The zero-order chi connectivity index (χ0) is 26.3. The van der Waals surface area contributed by atoms with E-state index in [9.17, 15) is 19.5 Å². The number of rotatable bonds is 5. The number of amides is 1. The van der Waals surface area contributed by atoms with E-state index in [1.54, 1.807) is 48.5 Å². The summed E-state index contributed by atoms with van der Waals surface area (Å²) >= 11 is 1.29. The van der Waals surface area contributed by atoms with Crippen molar-refractivity contribution in [3.05, 3.63) is 94.6 Å². The molecule has 1 fully saturated rings. The number of ketones is 1. The third-order valence-electron chi connectivity index (χ3n) is 6.19. The van der Waals surface area contributed by atoms with Crippen LogP contribution in [0.15, 0.2) is 72.3 Å². The average Bonchev–Trinajstić information content (AvgIpc) is 3.45. The minimum Gasteiger partial charge on any atom is -0.507 e. The number of aryl methyl sites for hydroxylation is 1. The minimum atomic E-state index is -0.963. The molecule has 1 aliphatic heterocycles. The van der Waals surface area contributed by atoms with Gasteiger partial charge in [0, 0.05) is 5.56 Å². The van der Waals surface area contributed by atoms with Crippen molar-refractivity contribution < 1.29 is 29.0 Å². The number of methoxy groups -OCH3 is 2. The largest absolute Gasteiger partial charge is 0.507 e. The molecule has 5 rings (SSSR count). The molecule has 1 N–H and O–H groups in total. The number of aliphatic hydroxyl groups excluding tert-OH is 1. The molecule has 1 aromatic heterocycles. The summed E-state index contributed by atoms with van der Waals surface area (Å²) < 4.78 is 10.8. The normalized spacial score (nSPS) is 16.8. The van der Waals surface area contributed by atoms with Crippen molar-refractivity contribution in [3.63, 3.8) is 0 Å². The highest BCUT2D eigenvalue weighted by Gasteiger charge is 2.48. The van der Waals surface area contributed by atoms with Gasteiger partial charge in [0.2, 0.25) is 0 Å². The Hall–Kier alpha value is -4.50. The van der Waals surface area contributed by atoms with Crippen molar-refractivity contribution in [2.45, 2.75) is 13.0 Å². The molecule has 3 aromatic carbocycles. The standard InChI is InChI=1S/C28H22N2O6S/c1-15-4-13-20-21(14-15)37-28(29-20)30-23(16-5-7-18(8-6-16)27(34)36-3)22(25(32)26(30)33)24(31)17-9-11-19(35-2)12-10-17/h4-14,23,31H,1-3H3/t23-/m0/s1. The van der Waals surface area contributed by atoms with Gasteiger partial charge in [-0.3, -0.25) is 14.5 Å². The first kappa shape index (κ1) is 24.2. The number of anilines is 1. The van der Waals surface area contributed by atoms with Gasteiger partial charge in [0.15, 0.2) is 5.13 Å². The summed E-state index contributed by atoms with van der Waals surface area (Å²) in [5.74, 6) is -1.88. The summed E-state index contributed by atoms with van der Waals surface area (Å²) in [4.78, 5) is 44.7. The van der Waals surface area contributed by atoms with Gasteiger partial charge in [0.25, 0.3) is 5.78 Å². The lowest BCUT2D eigenvalue weighted by molar-refractivity contribution is -0.132. The van der Waals surface area contributed by atoms with E-state index in [0.29, 0.717) is 33.1 Å². The van der Waals surface area contributed by atoms with E-state index in [1.165, 1.54) is 30.5 Å². The van der Waals surface area contributed by atoms with Crippen molar-refractivity contribution in [1.29, 1.82) is 0 Å². The van der Waals surface area contributed by atoms with E-state index in [4.69, 9.17) is 9.47 Å². The Labute approximate surface area is 216 Å². The Balaban J connectivity index is 1.69. The van der Waals surface area contributed by atoms with Crippen LogP contribution in [0.4, 0.5) is 5.13 Å². The Bertz CT molecular complexity index is 1570. The van der Waals surface area contributed by atoms with E-state index in [0.717, 1.165) is 10.3 Å². The van der Waals surface area contributed by atoms with Crippen LogP contribution in [0, 0.1) is 6.92 Å². The molecule has 9 heteroatoms. The van der Waals surface area contributed by atoms with Gasteiger partial charge in [-0.25, -0.2) is 9.78 Å². The van der Waals surface area contributed by atoms with E-state index >= 15 is 0 Å². The number of hydrogen-bond acceptors (Lipinski definition) is 8. The number of hydrogen-bond donors (Lipinski definition) is 1. The molecule has 0 saturated carbocycles. The van der Waals surface area contributed by atoms with E-state index in [-0.39, 0.29) is 11.3 Å². The number of Topliss-reactive ketones (excluding diaryl/α,β-unsaturated/α-hetero) is 1. The molecule has 1 atom stereocenters. The molecule has 4 aromatic rings. The molecule has 1 aliphatic rings. The van der Waals surface area contributed by atoms with Gasteiger partial charge < -0.3 is 14.6 Å². The summed E-state index contributed by atoms with van der Waals surface area (Å²) in [6, 6.07) is 17.7. The highest BCUT2D eigenvalue weighted by atomic mass is 32.1. The fourth-order valence-corrected chi connectivity index (χ4v) is 5.38. The lowest BCUT2D eigenvalue weighted by atomic mass is 9.94. The van der Waals surface area contributed by atoms with Crippen LogP contribution in [0.5, 0.6) is 5.75 Å². The third-order valence-corrected chi connectivity index (χ3v) is 7.21. The predicted molar refractivity (Wildman–Crippen MR) is 140 cm³/mol. The Kier molecular flexibility index (Phi) is 6.22. The lowest BCUT2D eigenvalue weighted by Crippen LogP contribution is -2.29. The number of nitrogens with zero attached hydrogens (tertiary/aromatic N) is 2. The molecule has 0 radical (unpaired) electrons. The number of aromatic nitrogens is 1. The third kappa shape index (κ3) is 4.23. The topological polar surface area (TPSA) is 106 Å². The van der Waals surface area contributed by atoms with Crippen molar-refractivity contribution in [2.24, 2.45) is 0 Å². The number of benzene rings is 3. The molecule has 8 nitrogen and oxygen atoms in total. The van der Waals surface area contributed by atoms with Crippen LogP contribution in [0.1, 0.15) is 33.1 Å². The molecule has 186 valence electrons. The molecular weight excluding hydrogens is 492 g/mol.